The van der Waals surface area contributed by atoms with Crippen molar-refractivity contribution in [3.8, 4) is 11.3 Å². The third-order valence-electron chi connectivity index (χ3n) is 6.44. The maximum Gasteiger partial charge on any atom is 0.220 e. The van der Waals surface area contributed by atoms with Gasteiger partial charge in [-0.25, -0.2) is 4.57 Å². The Balaban J connectivity index is 1.82. The Hall–Kier alpha value is -2.15. The van der Waals surface area contributed by atoms with Crippen LogP contribution in [-0.4, -0.2) is 0 Å². The fourth-order valence-corrected chi connectivity index (χ4v) is 4.94. The van der Waals surface area contributed by atoms with Crippen molar-refractivity contribution < 1.29 is 4.57 Å². The largest absolute Gasteiger partial charge is 0.220 e. The Morgan fingerprint density at radius 1 is 0.964 bits per heavy atom. The van der Waals surface area contributed by atoms with Crippen molar-refractivity contribution >= 4 is 10.8 Å². The van der Waals surface area contributed by atoms with Gasteiger partial charge in [-0.15, -0.1) is 0 Å². The lowest BCUT2D eigenvalue weighted by atomic mass is 9.82. The zero-order valence-corrected chi connectivity index (χ0v) is 18.0. The van der Waals surface area contributed by atoms with Crippen LogP contribution in [0.15, 0.2) is 48.7 Å². The normalized spacial score (nSPS) is 15.5. The smallest absolute Gasteiger partial charge is 0.200 e. The van der Waals surface area contributed by atoms with Crippen LogP contribution in [0.2, 0.25) is 0 Å². The van der Waals surface area contributed by atoms with Crippen LogP contribution in [0.4, 0.5) is 0 Å². The van der Waals surface area contributed by atoms with Crippen molar-refractivity contribution in [2.75, 3.05) is 0 Å². The van der Waals surface area contributed by atoms with Crippen molar-refractivity contribution in [3.63, 3.8) is 0 Å². The van der Waals surface area contributed by atoms with Crippen LogP contribution in [0, 0.1) is 12.8 Å². The lowest BCUT2D eigenvalue weighted by Crippen LogP contribution is -2.30. The number of hydrogen-bond donors (Lipinski definition) is 0. The predicted molar refractivity (Wildman–Crippen MR) is 120 cm³/mol. The second-order valence-corrected chi connectivity index (χ2v) is 9.20. The minimum atomic E-state index is 0.686. The van der Waals surface area contributed by atoms with E-state index in [2.05, 4.69) is 81.0 Å². The summed E-state index contributed by atoms with van der Waals surface area (Å²) in [4.78, 5) is 0. The molecule has 0 N–H and O–H groups in total. The fourth-order valence-electron chi connectivity index (χ4n) is 4.94. The molecule has 0 saturated heterocycles. The number of rotatable bonds is 4. The van der Waals surface area contributed by atoms with Crippen LogP contribution in [0.3, 0.4) is 0 Å². The number of fused-ring (bicyclic) bond motifs is 1. The summed E-state index contributed by atoms with van der Waals surface area (Å²) in [5.41, 5.74) is 7.09. The molecule has 0 amide bonds. The summed E-state index contributed by atoms with van der Waals surface area (Å²) in [5.74, 6) is 1.43. The van der Waals surface area contributed by atoms with E-state index in [1.165, 1.54) is 70.8 Å². The fraction of sp³-hybridized carbons (Fsp3) is 0.444. The van der Waals surface area contributed by atoms with Crippen LogP contribution >= 0.6 is 0 Å². The second-order valence-electron chi connectivity index (χ2n) is 9.20. The molecular formula is C27H34N+. The molecule has 0 aliphatic heterocycles. The molecule has 0 unspecified atom stereocenters. The van der Waals surface area contributed by atoms with Gasteiger partial charge in [0.1, 0.15) is 7.05 Å². The molecule has 28 heavy (non-hydrogen) atoms. The summed E-state index contributed by atoms with van der Waals surface area (Å²) in [5, 5.41) is 2.72. The highest BCUT2D eigenvalue weighted by Crippen LogP contribution is 2.36. The minimum Gasteiger partial charge on any atom is -0.200 e. The highest BCUT2D eigenvalue weighted by atomic mass is 14.9. The van der Waals surface area contributed by atoms with Gasteiger partial charge in [-0.3, -0.25) is 0 Å². The van der Waals surface area contributed by atoms with Crippen molar-refractivity contribution in [2.24, 2.45) is 13.0 Å². The molecule has 0 spiro atoms. The van der Waals surface area contributed by atoms with Crippen molar-refractivity contribution in [3.05, 3.63) is 65.4 Å². The first-order valence-corrected chi connectivity index (χ1v) is 11.0. The van der Waals surface area contributed by atoms with Gasteiger partial charge in [0.05, 0.1) is 5.39 Å². The standard InChI is InChI=1S/C27H34N/c1-19(2)16-21-11-13-25-24(17-21)14-15-28(4)27(25)26-18-23(12-10-20(26)3)22-8-6-5-7-9-22/h10-15,17-19,22H,5-9,16H2,1-4H3/q+1. The maximum absolute atomic E-state index is 2.49. The molecule has 1 aromatic heterocycles. The van der Waals surface area contributed by atoms with Crippen LogP contribution in [0.25, 0.3) is 22.0 Å². The van der Waals surface area contributed by atoms with E-state index in [9.17, 15) is 0 Å². The predicted octanol–water partition coefficient (Wildman–Crippen LogP) is 6.89. The van der Waals surface area contributed by atoms with Crippen molar-refractivity contribution in [1.29, 1.82) is 0 Å². The highest BCUT2D eigenvalue weighted by Gasteiger charge is 2.21. The van der Waals surface area contributed by atoms with Gasteiger partial charge >= 0.3 is 0 Å². The van der Waals surface area contributed by atoms with Crippen molar-refractivity contribution in [2.45, 2.75) is 65.2 Å². The molecule has 146 valence electrons. The van der Waals surface area contributed by atoms with Gasteiger partial charge in [-0.05, 0) is 72.2 Å². The summed E-state index contributed by atoms with van der Waals surface area (Å²) >= 11 is 0. The molecule has 2 aromatic carbocycles. The van der Waals surface area contributed by atoms with Gasteiger partial charge in [0.25, 0.3) is 0 Å². The molecule has 1 aliphatic rings. The molecule has 1 nitrogen and oxygen atoms in total. The summed E-state index contributed by atoms with van der Waals surface area (Å²) in [7, 11) is 2.18. The molecule has 1 heterocycles. The zero-order valence-electron chi connectivity index (χ0n) is 18.0. The average Bonchev–Trinajstić information content (AvgIpc) is 2.69. The molecule has 1 saturated carbocycles. The Morgan fingerprint density at radius 3 is 2.50 bits per heavy atom. The second kappa shape index (κ2) is 8.07. The Morgan fingerprint density at radius 2 is 1.75 bits per heavy atom. The zero-order chi connectivity index (χ0) is 19.7. The van der Waals surface area contributed by atoms with Crippen LogP contribution in [0.5, 0.6) is 0 Å². The summed E-state index contributed by atoms with van der Waals surface area (Å²) in [6, 6.07) is 16.5. The van der Waals surface area contributed by atoms with E-state index >= 15 is 0 Å². The topological polar surface area (TPSA) is 3.88 Å². The summed E-state index contributed by atoms with van der Waals surface area (Å²) in [6.07, 6.45) is 10.2. The third-order valence-corrected chi connectivity index (χ3v) is 6.44. The van der Waals surface area contributed by atoms with Crippen LogP contribution in [0.1, 0.15) is 68.6 Å². The minimum absolute atomic E-state index is 0.686. The Kier molecular flexibility index (Phi) is 5.53. The molecular weight excluding hydrogens is 338 g/mol. The molecule has 0 bridgehead atoms. The van der Waals surface area contributed by atoms with E-state index in [4.69, 9.17) is 0 Å². The number of nitrogens with zero attached hydrogens (tertiary/aromatic N) is 1. The number of benzene rings is 2. The first kappa shape index (κ1) is 19.2. The van der Waals surface area contributed by atoms with E-state index in [0.717, 1.165) is 12.3 Å². The summed E-state index contributed by atoms with van der Waals surface area (Å²) in [6.45, 7) is 6.84. The van der Waals surface area contributed by atoms with E-state index in [1.807, 2.05) is 0 Å². The lowest BCUT2D eigenvalue weighted by molar-refractivity contribution is -0.659. The van der Waals surface area contributed by atoms with Gasteiger partial charge in [0.15, 0.2) is 6.20 Å². The Labute approximate surface area is 170 Å². The molecule has 1 heteroatoms. The van der Waals surface area contributed by atoms with Crippen LogP contribution in [-0.2, 0) is 13.5 Å². The van der Waals surface area contributed by atoms with Crippen molar-refractivity contribution in [1.82, 2.24) is 0 Å². The van der Waals surface area contributed by atoms with Crippen LogP contribution < -0.4 is 4.57 Å². The van der Waals surface area contributed by atoms with E-state index in [0.29, 0.717) is 5.92 Å². The number of aryl methyl sites for hydroxylation is 2. The lowest BCUT2D eigenvalue weighted by Gasteiger charge is -2.23. The molecule has 0 radical (unpaired) electrons. The SMILES string of the molecule is Cc1ccc(C2CCCCC2)cc1-c1c2ccc(CC(C)C)cc2cc[n+]1C. The average molecular weight is 373 g/mol. The number of aromatic nitrogens is 1. The molecule has 3 aromatic rings. The maximum atomic E-state index is 2.49. The van der Waals surface area contributed by atoms with E-state index in [-0.39, 0.29) is 0 Å². The molecule has 4 rings (SSSR count). The first-order chi connectivity index (χ1) is 13.5. The van der Waals surface area contributed by atoms with Gasteiger partial charge in [0.2, 0.25) is 5.69 Å². The van der Waals surface area contributed by atoms with Gasteiger partial charge in [-0.1, -0.05) is 57.4 Å². The summed E-state index contributed by atoms with van der Waals surface area (Å²) < 4.78 is 2.30. The number of hydrogen-bond acceptors (Lipinski definition) is 0. The first-order valence-electron chi connectivity index (χ1n) is 11.0. The third kappa shape index (κ3) is 3.85. The quantitative estimate of drug-likeness (QED) is 0.439. The number of pyridine rings is 1. The molecule has 0 atom stereocenters. The van der Waals surface area contributed by atoms with E-state index < -0.39 is 0 Å². The highest BCUT2D eigenvalue weighted by molar-refractivity contribution is 5.94. The monoisotopic (exact) mass is 372 g/mol. The van der Waals surface area contributed by atoms with E-state index in [1.54, 1.807) is 0 Å². The molecule has 1 fully saturated rings. The van der Waals surface area contributed by atoms with Gasteiger partial charge in [-0.2, -0.15) is 0 Å². The van der Waals surface area contributed by atoms with Gasteiger partial charge < -0.3 is 0 Å². The molecule has 1 aliphatic carbocycles. The van der Waals surface area contributed by atoms with Gasteiger partial charge in [0, 0.05) is 11.6 Å². The Bertz CT molecular complexity index is 977.